The molecule has 3 atom stereocenters. The number of benzene rings is 1. The van der Waals surface area contributed by atoms with Gasteiger partial charge in [-0.15, -0.1) is 0 Å². The molecule has 0 bridgehead atoms. The third kappa shape index (κ3) is 3.20. The Labute approximate surface area is 127 Å². The number of amides is 1. The minimum absolute atomic E-state index is 0.0672. The van der Waals surface area contributed by atoms with Crippen LogP contribution in [0.15, 0.2) is 24.3 Å². The molecule has 1 aromatic rings. The van der Waals surface area contributed by atoms with Gasteiger partial charge >= 0.3 is 5.97 Å². The summed E-state index contributed by atoms with van der Waals surface area (Å²) in [4.78, 5) is 23.3. The third-order valence-electron chi connectivity index (χ3n) is 3.99. The number of carbonyl (C=O) groups is 2. The van der Waals surface area contributed by atoms with Crippen LogP contribution in [0.4, 0.5) is 4.79 Å². The van der Waals surface area contributed by atoms with E-state index in [4.69, 9.17) is 0 Å². The van der Waals surface area contributed by atoms with E-state index in [0.717, 1.165) is 10.5 Å². The Morgan fingerprint density at radius 3 is 2.45 bits per heavy atom. The van der Waals surface area contributed by atoms with Crippen LogP contribution in [-0.4, -0.2) is 60.1 Å². The van der Waals surface area contributed by atoms with Gasteiger partial charge in [0.2, 0.25) is 0 Å². The predicted molar refractivity (Wildman–Crippen MR) is 74.1 cm³/mol. The monoisotopic (exact) mass is 308 g/mol. The van der Waals surface area contributed by atoms with E-state index < -0.39 is 30.0 Å². The number of ether oxygens (including phenoxy) is 1. The Morgan fingerprint density at radius 2 is 1.95 bits per heavy atom. The Hall–Kier alpha value is -2.12. The van der Waals surface area contributed by atoms with E-state index in [1.165, 1.54) is 7.11 Å². The lowest BCUT2D eigenvalue weighted by molar-refractivity contribution is -0.269. The van der Waals surface area contributed by atoms with Gasteiger partial charge in [0.05, 0.1) is 18.8 Å². The van der Waals surface area contributed by atoms with Crippen LogP contribution in [0.3, 0.4) is 0 Å². The minimum Gasteiger partial charge on any atom is -0.530 e. The molecule has 3 unspecified atom stereocenters. The lowest BCUT2D eigenvalue weighted by atomic mass is 9.79. The van der Waals surface area contributed by atoms with Gasteiger partial charge in [-0.05, 0) is 17.7 Å². The molecule has 22 heavy (non-hydrogen) atoms. The lowest BCUT2D eigenvalue weighted by Crippen LogP contribution is -2.54. The van der Waals surface area contributed by atoms with Crippen molar-refractivity contribution in [1.29, 1.82) is 0 Å². The minimum atomic E-state index is -1.36. The Morgan fingerprint density at radius 1 is 1.32 bits per heavy atom. The number of carboxylic acid groups (broad SMARTS) is 1. The molecule has 1 aliphatic rings. The van der Waals surface area contributed by atoms with Gasteiger partial charge in [-0.25, -0.2) is 4.79 Å². The number of rotatable bonds is 3. The molecule has 120 valence electrons. The van der Waals surface area contributed by atoms with E-state index in [1.807, 2.05) is 0 Å². The smallest absolute Gasteiger partial charge is 0.337 e. The number of carbonyl (C=O) groups excluding carboxylic acids is 2. The number of β-amino-alcohol motifs (C(OH)–C–C–N with tert-alkyl or cyclic N) is 1. The standard InChI is InChI=1S/C15H19NO6/c1-22-14(19)10-4-2-9(3-5-10)13-11(8-17)6-16(15(20)21)7-12(13)18/h2-5,11-13,17-18H,6-8H2,1H3,(H,20,21)/p-1. The Bertz CT molecular complexity index is 543. The molecular formula is C15H18NO6-. The quantitative estimate of drug-likeness (QED) is 0.706. The number of hydrogen-bond donors (Lipinski definition) is 2. The SMILES string of the molecule is COC(=O)c1ccc(C2C(O)CN(C(=O)[O-])CC2CO)cc1. The van der Waals surface area contributed by atoms with E-state index in [9.17, 15) is 24.9 Å². The number of methoxy groups -OCH3 is 1. The van der Waals surface area contributed by atoms with Crippen LogP contribution in [0, 0.1) is 5.92 Å². The van der Waals surface area contributed by atoms with E-state index >= 15 is 0 Å². The molecule has 7 nitrogen and oxygen atoms in total. The van der Waals surface area contributed by atoms with Crippen LogP contribution in [0.5, 0.6) is 0 Å². The first-order valence-electron chi connectivity index (χ1n) is 6.91. The van der Waals surface area contributed by atoms with Crippen molar-refractivity contribution in [3.8, 4) is 0 Å². The summed E-state index contributed by atoms with van der Waals surface area (Å²) < 4.78 is 4.62. The number of piperidine rings is 1. The van der Waals surface area contributed by atoms with E-state index in [2.05, 4.69) is 4.74 Å². The number of aliphatic hydroxyl groups excluding tert-OH is 2. The van der Waals surface area contributed by atoms with Crippen molar-refractivity contribution in [2.45, 2.75) is 12.0 Å². The maximum atomic E-state index is 11.4. The van der Waals surface area contributed by atoms with Crippen molar-refractivity contribution < 1.29 is 29.6 Å². The van der Waals surface area contributed by atoms with Crippen molar-refractivity contribution in [2.75, 3.05) is 26.8 Å². The molecule has 7 heteroatoms. The molecule has 2 rings (SSSR count). The van der Waals surface area contributed by atoms with E-state index in [1.54, 1.807) is 24.3 Å². The fraction of sp³-hybridized carbons (Fsp3) is 0.467. The summed E-state index contributed by atoms with van der Waals surface area (Å²) in [6.45, 7) is -0.230. The zero-order valence-electron chi connectivity index (χ0n) is 12.1. The molecule has 1 aliphatic heterocycles. The van der Waals surface area contributed by atoms with E-state index in [0.29, 0.717) is 5.56 Å². The maximum Gasteiger partial charge on any atom is 0.337 e. The summed E-state index contributed by atoms with van der Waals surface area (Å²) in [6, 6.07) is 6.51. The van der Waals surface area contributed by atoms with Crippen molar-refractivity contribution >= 4 is 12.1 Å². The molecule has 0 saturated carbocycles. The lowest BCUT2D eigenvalue weighted by Gasteiger charge is -2.42. The molecule has 0 spiro atoms. The van der Waals surface area contributed by atoms with Gasteiger partial charge in [0, 0.05) is 31.5 Å². The molecule has 0 radical (unpaired) electrons. The molecule has 1 fully saturated rings. The fourth-order valence-electron chi connectivity index (χ4n) is 2.90. The molecule has 1 saturated heterocycles. The van der Waals surface area contributed by atoms with Gasteiger partial charge in [0.25, 0.3) is 0 Å². The average molecular weight is 308 g/mol. The van der Waals surface area contributed by atoms with Gasteiger partial charge in [-0.3, -0.25) is 0 Å². The van der Waals surface area contributed by atoms with Crippen molar-refractivity contribution in [3.63, 3.8) is 0 Å². The number of nitrogens with zero attached hydrogens (tertiary/aromatic N) is 1. The van der Waals surface area contributed by atoms with E-state index in [-0.39, 0.29) is 19.7 Å². The largest absolute Gasteiger partial charge is 0.530 e. The molecular weight excluding hydrogens is 290 g/mol. The second-order valence-electron chi connectivity index (χ2n) is 5.32. The molecule has 0 aliphatic carbocycles. The van der Waals surface area contributed by atoms with Gasteiger partial charge in [0.1, 0.15) is 6.09 Å². The van der Waals surface area contributed by atoms with Crippen LogP contribution >= 0.6 is 0 Å². The predicted octanol–water partition coefficient (Wildman–Crippen LogP) is -0.815. The average Bonchev–Trinajstić information content (AvgIpc) is 2.53. The normalized spacial score (nSPS) is 24.9. The van der Waals surface area contributed by atoms with Crippen LogP contribution in [-0.2, 0) is 4.74 Å². The summed E-state index contributed by atoms with van der Waals surface area (Å²) >= 11 is 0. The van der Waals surface area contributed by atoms with Crippen LogP contribution in [0.1, 0.15) is 21.8 Å². The first kappa shape index (κ1) is 16.3. The molecule has 1 amide bonds. The second-order valence-corrected chi connectivity index (χ2v) is 5.32. The summed E-state index contributed by atoms with van der Waals surface area (Å²) in [6.07, 6.45) is -2.32. The zero-order valence-corrected chi connectivity index (χ0v) is 12.1. The van der Waals surface area contributed by atoms with Crippen molar-refractivity contribution in [1.82, 2.24) is 4.90 Å². The zero-order chi connectivity index (χ0) is 16.3. The molecule has 2 N–H and O–H groups in total. The highest BCUT2D eigenvalue weighted by molar-refractivity contribution is 5.89. The maximum absolute atomic E-state index is 11.4. The van der Waals surface area contributed by atoms with Crippen molar-refractivity contribution in [2.24, 2.45) is 5.92 Å². The Balaban J connectivity index is 2.22. The van der Waals surface area contributed by atoms with Crippen LogP contribution in [0.2, 0.25) is 0 Å². The highest BCUT2D eigenvalue weighted by atomic mass is 16.5. The topological polar surface area (TPSA) is 110 Å². The Kier molecular flexibility index (Phi) is 4.99. The number of esters is 1. The van der Waals surface area contributed by atoms with Gasteiger partial charge < -0.3 is 29.8 Å². The highest BCUT2D eigenvalue weighted by Gasteiger charge is 2.36. The summed E-state index contributed by atoms with van der Waals surface area (Å²) in [5.41, 5.74) is 1.12. The number of likely N-dealkylation sites (tertiary alicyclic amines) is 1. The van der Waals surface area contributed by atoms with Gasteiger partial charge in [0.15, 0.2) is 0 Å². The first-order chi connectivity index (χ1) is 10.5. The van der Waals surface area contributed by atoms with Crippen LogP contribution in [0.25, 0.3) is 0 Å². The third-order valence-corrected chi connectivity index (χ3v) is 3.99. The summed E-state index contributed by atoms with van der Waals surface area (Å²) in [5.74, 6) is -1.31. The molecule has 1 heterocycles. The summed E-state index contributed by atoms with van der Waals surface area (Å²) in [7, 11) is 1.29. The molecule has 1 aromatic carbocycles. The van der Waals surface area contributed by atoms with Gasteiger partial charge in [-0.1, -0.05) is 12.1 Å². The highest BCUT2D eigenvalue weighted by Crippen LogP contribution is 2.33. The van der Waals surface area contributed by atoms with Crippen molar-refractivity contribution in [3.05, 3.63) is 35.4 Å². The second kappa shape index (κ2) is 6.76. The number of aliphatic hydroxyl groups is 2. The summed E-state index contributed by atoms with van der Waals surface area (Å²) in [5, 5.41) is 30.7. The first-order valence-corrected chi connectivity index (χ1v) is 6.91. The fourth-order valence-corrected chi connectivity index (χ4v) is 2.90. The number of hydrogen-bond acceptors (Lipinski definition) is 6. The van der Waals surface area contributed by atoms with Gasteiger partial charge in [-0.2, -0.15) is 0 Å². The van der Waals surface area contributed by atoms with Crippen LogP contribution < -0.4 is 5.11 Å². The molecule has 0 aromatic heterocycles.